The quantitative estimate of drug-likeness (QED) is 0.705. The Morgan fingerprint density at radius 2 is 1.96 bits per heavy atom. The largest absolute Gasteiger partial charge is 0.506 e. The van der Waals surface area contributed by atoms with E-state index >= 15 is 0 Å². The predicted octanol–water partition coefficient (Wildman–Crippen LogP) is 5.82. The Morgan fingerprint density at radius 3 is 2.64 bits per heavy atom. The lowest BCUT2D eigenvalue weighted by molar-refractivity contribution is 0.477. The molecule has 0 aromatic heterocycles. The number of allylic oxidation sites excluding steroid dienone is 1. The van der Waals surface area contributed by atoms with E-state index in [1.54, 1.807) is 24.4 Å². The normalized spacial score (nSPS) is 16.0. The lowest BCUT2D eigenvalue weighted by Crippen LogP contribution is -2.44. The van der Waals surface area contributed by atoms with E-state index in [1.165, 1.54) is 11.1 Å². The molecule has 0 atom stereocenters. The van der Waals surface area contributed by atoms with Crippen LogP contribution in [0.25, 0.3) is 5.57 Å². The molecule has 0 radical (unpaired) electrons. The molecule has 0 spiro atoms. The van der Waals surface area contributed by atoms with Gasteiger partial charge in [-0.25, -0.2) is 0 Å². The van der Waals surface area contributed by atoms with Gasteiger partial charge in [-0.1, -0.05) is 29.8 Å². The molecule has 3 nitrogen and oxygen atoms in total. The Morgan fingerprint density at radius 1 is 1.24 bits per heavy atom. The molecule has 2 aromatic carbocycles. The number of benzene rings is 2. The number of likely N-dealkylation sites (N-methyl/N-ethyl adjacent to an activating group) is 1. The van der Waals surface area contributed by atoms with Crippen LogP contribution in [-0.2, 0) is 0 Å². The summed E-state index contributed by atoms with van der Waals surface area (Å²) < 4.78 is 0. The van der Waals surface area contributed by atoms with Crippen molar-refractivity contribution in [2.45, 2.75) is 33.2 Å². The average molecular weight is 355 g/mol. The first-order valence-electron chi connectivity index (χ1n) is 8.46. The third kappa shape index (κ3) is 3.29. The highest BCUT2D eigenvalue weighted by atomic mass is 35.5. The number of hydrogen-bond acceptors (Lipinski definition) is 3. The molecule has 130 valence electrons. The van der Waals surface area contributed by atoms with Crippen LogP contribution in [-0.4, -0.2) is 23.4 Å². The van der Waals surface area contributed by atoms with Gasteiger partial charge in [0.1, 0.15) is 11.4 Å². The van der Waals surface area contributed by atoms with Gasteiger partial charge in [0.15, 0.2) is 0 Å². The van der Waals surface area contributed by atoms with E-state index < -0.39 is 0 Å². The summed E-state index contributed by atoms with van der Waals surface area (Å²) in [6.45, 7) is 9.62. The van der Waals surface area contributed by atoms with Crippen molar-refractivity contribution in [1.82, 2.24) is 0 Å². The first-order chi connectivity index (χ1) is 11.8. The zero-order valence-corrected chi connectivity index (χ0v) is 15.8. The molecule has 0 saturated heterocycles. The van der Waals surface area contributed by atoms with Crippen molar-refractivity contribution in [2.24, 2.45) is 4.99 Å². The maximum Gasteiger partial charge on any atom is 0.141 e. The number of nitrogens with zero attached hydrogens (tertiary/aromatic N) is 2. The lowest BCUT2D eigenvalue weighted by Gasteiger charge is -2.43. The fourth-order valence-electron chi connectivity index (χ4n) is 3.50. The molecule has 0 bridgehead atoms. The Bertz CT molecular complexity index is 868. The Balaban J connectivity index is 2.05. The summed E-state index contributed by atoms with van der Waals surface area (Å²) in [6.07, 6.45) is 4.00. The number of phenolic OH excluding ortho intramolecular Hbond substituents is 1. The number of halogens is 1. The number of para-hydroxylation sites is 2. The third-order valence-corrected chi connectivity index (χ3v) is 4.96. The SMILES string of the molecule is CCN1c2cc(Cl)c(C=Nc3ccccc3O)cc2C(C)=CC1(C)C. The molecule has 1 heterocycles. The maximum absolute atomic E-state index is 9.85. The minimum atomic E-state index is -0.0411. The van der Waals surface area contributed by atoms with Gasteiger partial charge in [-0.2, -0.15) is 0 Å². The molecule has 4 heteroatoms. The maximum atomic E-state index is 9.85. The van der Waals surface area contributed by atoms with Crippen molar-refractivity contribution in [1.29, 1.82) is 0 Å². The number of rotatable bonds is 3. The number of hydrogen-bond donors (Lipinski definition) is 1. The van der Waals surface area contributed by atoms with Crippen molar-refractivity contribution >= 4 is 34.8 Å². The van der Waals surface area contributed by atoms with E-state index in [0.717, 1.165) is 17.8 Å². The van der Waals surface area contributed by atoms with Crippen LogP contribution in [0.4, 0.5) is 11.4 Å². The second kappa shape index (κ2) is 6.57. The topological polar surface area (TPSA) is 35.8 Å². The Hall–Kier alpha value is -2.26. The average Bonchev–Trinajstić information content (AvgIpc) is 2.54. The molecular formula is C21H23ClN2O. The zero-order valence-electron chi connectivity index (χ0n) is 15.0. The summed E-state index contributed by atoms with van der Waals surface area (Å²) in [5.74, 6) is 0.155. The van der Waals surface area contributed by atoms with Crippen LogP contribution >= 0.6 is 11.6 Å². The van der Waals surface area contributed by atoms with Gasteiger partial charge in [-0.3, -0.25) is 4.99 Å². The standard InChI is InChI=1S/C21H23ClN2O/c1-5-24-19-11-17(22)15(10-16(19)14(2)12-21(24,3)4)13-23-18-8-6-7-9-20(18)25/h6-13,25H,5H2,1-4H3. The number of fused-ring (bicyclic) bond motifs is 1. The highest BCUT2D eigenvalue weighted by molar-refractivity contribution is 6.33. The van der Waals surface area contributed by atoms with Crippen molar-refractivity contribution in [3.63, 3.8) is 0 Å². The fourth-order valence-corrected chi connectivity index (χ4v) is 3.71. The number of phenols is 1. The second-order valence-electron chi connectivity index (χ2n) is 6.86. The molecule has 1 aliphatic heterocycles. The third-order valence-electron chi connectivity index (χ3n) is 4.64. The highest BCUT2D eigenvalue weighted by Crippen LogP contribution is 2.41. The Kier molecular flexibility index (Phi) is 4.61. The minimum Gasteiger partial charge on any atom is -0.506 e. The van der Waals surface area contributed by atoms with Gasteiger partial charge in [0.2, 0.25) is 0 Å². The summed E-state index contributed by atoms with van der Waals surface area (Å²) in [6, 6.07) is 11.1. The summed E-state index contributed by atoms with van der Waals surface area (Å²) in [7, 11) is 0. The summed E-state index contributed by atoms with van der Waals surface area (Å²) >= 11 is 6.53. The van der Waals surface area contributed by atoms with Crippen LogP contribution < -0.4 is 4.90 Å². The smallest absolute Gasteiger partial charge is 0.141 e. The van der Waals surface area contributed by atoms with Gasteiger partial charge in [0.25, 0.3) is 0 Å². The monoisotopic (exact) mass is 354 g/mol. The van der Waals surface area contributed by atoms with Gasteiger partial charge in [0, 0.05) is 29.6 Å². The fraction of sp³-hybridized carbons (Fsp3) is 0.286. The lowest BCUT2D eigenvalue weighted by atomic mass is 9.88. The number of anilines is 1. The van der Waals surface area contributed by atoms with Crippen LogP contribution in [0, 0.1) is 0 Å². The van der Waals surface area contributed by atoms with E-state index in [1.807, 2.05) is 12.1 Å². The first-order valence-corrected chi connectivity index (χ1v) is 8.84. The van der Waals surface area contributed by atoms with Crippen molar-refractivity contribution in [3.05, 3.63) is 58.6 Å². The molecule has 0 unspecified atom stereocenters. The summed E-state index contributed by atoms with van der Waals surface area (Å²) in [5.41, 5.74) is 4.88. The van der Waals surface area contributed by atoms with E-state index in [4.69, 9.17) is 11.6 Å². The van der Waals surface area contributed by atoms with Gasteiger partial charge in [-0.05, 0) is 57.5 Å². The Labute approximate surface area is 154 Å². The number of aliphatic imine (C=N–C) groups is 1. The first kappa shape index (κ1) is 17.6. The van der Waals surface area contributed by atoms with Crippen LogP contribution in [0.2, 0.25) is 5.02 Å². The van der Waals surface area contributed by atoms with Crippen LogP contribution in [0.15, 0.2) is 47.5 Å². The zero-order chi connectivity index (χ0) is 18.2. The van der Waals surface area contributed by atoms with Crippen LogP contribution in [0.3, 0.4) is 0 Å². The van der Waals surface area contributed by atoms with Gasteiger partial charge >= 0.3 is 0 Å². The molecule has 0 saturated carbocycles. The molecular weight excluding hydrogens is 332 g/mol. The van der Waals surface area contributed by atoms with Crippen LogP contribution in [0.1, 0.15) is 38.8 Å². The van der Waals surface area contributed by atoms with E-state index in [2.05, 4.69) is 49.7 Å². The van der Waals surface area contributed by atoms with Crippen LogP contribution in [0.5, 0.6) is 5.75 Å². The molecule has 25 heavy (non-hydrogen) atoms. The van der Waals surface area contributed by atoms with Gasteiger partial charge in [-0.15, -0.1) is 0 Å². The van der Waals surface area contributed by atoms with Gasteiger partial charge in [0.05, 0.1) is 10.6 Å². The molecule has 0 fully saturated rings. The van der Waals surface area contributed by atoms with Crippen molar-refractivity contribution in [2.75, 3.05) is 11.4 Å². The van der Waals surface area contributed by atoms with E-state index in [0.29, 0.717) is 10.7 Å². The molecule has 2 aromatic rings. The summed E-state index contributed by atoms with van der Waals surface area (Å²) in [4.78, 5) is 6.74. The summed E-state index contributed by atoms with van der Waals surface area (Å²) in [5, 5.41) is 10.5. The van der Waals surface area contributed by atoms with Crippen molar-refractivity contribution < 1.29 is 5.11 Å². The highest BCUT2D eigenvalue weighted by Gasteiger charge is 2.30. The minimum absolute atomic E-state index is 0.0411. The predicted molar refractivity (Wildman–Crippen MR) is 108 cm³/mol. The van der Waals surface area contributed by atoms with Gasteiger partial charge < -0.3 is 10.0 Å². The molecule has 0 aliphatic carbocycles. The molecule has 1 N–H and O–H groups in total. The van der Waals surface area contributed by atoms with E-state index in [9.17, 15) is 5.11 Å². The number of aromatic hydroxyl groups is 1. The second-order valence-corrected chi connectivity index (χ2v) is 7.27. The molecule has 3 rings (SSSR count). The van der Waals surface area contributed by atoms with E-state index in [-0.39, 0.29) is 11.3 Å². The van der Waals surface area contributed by atoms with Crippen molar-refractivity contribution in [3.8, 4) is 5.75 Å². The molecule has 0 amide bonds. The molecule has 1 aliphatic rings.